The number of anilines is 1. The van der Waals surface area contributed by atoms with E-state index in [0.29, 0.717) is 24.0 Å². The number of amides is 1. The molecule has 0 fully saturated rings. The van der Waals surface area contributed by atoms with E-state index in [4.69, 9.17) is 10.5 Å². The van der Waals surface area contributed by atoms with Crippen LogP contribution in [-0.4, -0.2) is 17.5 Å². The lowest BCUT2D eigenvalue weighted by atomic mass is 10.1. The summed E-state index contributed by atoms with van der Waals surface area (Å²) in [5.41, 5.74) is 7.53. The number of carbonyl (C=O) groups is 1. The first kappa shape index (κ1) is 18.4. The van der Waals surface area contributed by atoms with Crippen molar-refractivity contribution in [2.24, 2.45) is 11.7 Å². The van der Waals surface area contributed by atoms with Crippen LogP contribution >= 0.6 is 11.3 Å². The molecule has 130 valence electrons. The Morgan fingerprint density at radius 2 is 2.12 bits per heavy atom. The van der Waals surface area contributed by atoms with Gasteiger partial charge in [0.2, 0.25) is 5.91 Å². The van der Waals surface area contributed by atoms with Crippen LogP contribution in [0.5, 0.6) is 5.75 Å². The second kappa shape index (κ2) is 8.80. The number of hydrogen-bond acceptors (Lipinski definition) is 5. The Labute approximate surface area is 147 Å². The SMILES string of the molecule is CCCOc1ccccc1NC(=O)Cc1csc(C(N)C(C)C)n1. The number of aromatic nitrogens is 1. The molecule has 0 saturated carbocycles. The molecule has 6 heteroatoms. The quantitative estimate of drug-likeness (QED) is 0.762. The van der Waals surface area contributed by atoms with E-state index < -0.39 is 0 Å². The lowest BCUT2D eigenvalue weighted by molar-refractivity contribution is -0.115. The normalized spacial score (nSPS) is 12.2. The molecule has 1 aromatic carbocycles. The molecular formula is C18H25N3O2S. The first-order chi connectivity index (χ1) is 11.5. The molecule has 0 aliphatic carbocycles. The maximum Gasteiger partial charge on any atom is 0.230 e. The van der Waals surface area contributed by atoms with Crippen LogP contribution < -0.4 is 15.8 Å². The molecule has 0 bridgehead atoms. The monoisotopic (exact) mass is 347 g/mol. The number of nitrogens with zero attached hydrogens (tertiary/aromatic N) is 1. The van der Waals surface area contributed by atoms with Crippen molar-refractivity contribution >= 4 is 22.9 Å². The maximum absolute atomic E-state index is 12.3. The van der Waals surface area contributed by atoms with Gasteiger partial charge in [-0.1, -0.05) is 32.9 Å². The molecule has 0 spiro atoms. The Morgan fingerprint density at radius 3 is 2.83 bits per heavy atom. The molecule has 2 rings (SSSR count). The van der Waals surface area contributed by atoms with E-state index in [1.54, 1.807) is 0 Å². The smallest absolute Gasteiger partial charge is 0.230 e. The van der Waals surface area contributed by atoms with E-state index >= 15 is 0 Å². The van der Waals surface area contributed by atoms with Gasteiger partial charge in [-0.05, 0) is 24.5 Å². The number of thiazole rings is 1. The fraction of sp³-hybridized carbons (Fsp3) is 0.444. The predicted molar refractivity (Wildman–Crippen MR) is 98.4 cm³/mol. The first-order valence-electron chi connectivity index (χ1n) is 8.22. The molecule has 1 atom stereocenters. The number of nitrogens with one attached hydrogen (secondary N) is 1. The second-order valence-corrected chi connectivity index (χ2v) is 6.91. The molecule has 1 amide bonds. The topological polar surface area (TPSA) is 77.2 Å². The molecule has 0 saturated heterocycles. The molecule has 24 heavy (non-hydrogen) atoms. The molecule has 1 unspecified atom stereocenters. The van der Waals surface area contributed by atoms with Crippen LogP contribution in [0.4, 0.5) is 5.69 Å². The molecule has 3 N–H and O–H groups in total. The molecule has 1 heterocycles. The zero-order valence-corrected chi connectivity index (χ0v) is 15.2. The van der Waals surface area contributed by atoms with Crippen molar-refractivity contribution in [3.63, 3.8) is 0 Å². The van der Waals surface area contributed by atoms with Gasteiger partial charge in [-0.15, -0.1) is 11.3 Å². The van der Waals surface area contributed by atoms with Crippen LogP contribution in [0.2, 0.25) is 0 Å². The van der Waals surface area contributed by atoms with Crippen LogP contribution in [0, 0.1) is 5.92 Å². The molecule has 0 aliphatic heterocycles. The summed E-state index contributed by atoms with van der Waals surface area (Å²) in [7, 11) is 0. The molecule has 1 aromatic heterocycles. The standard InChI is InChI=1S/C18H25N3O2S/c1-4-9-23-15-8-6-5-7-14(15)21-16(22)10-13-11-24-18(20-13)17(19)12(2)3/h5-8,11-12,17H,4,9-10,19H2,1-3H3,(H,21,22). The summed E-state index contributed by atoms with van der Waals surface area (Å²) in [6.45, 7) is 6.79. The number of ether oxygens (including phenoxy) is 1. The third-order valence-corrected chi connectivity index (χ3v) is 4.53. The summed E-state index contributed by atoms with van der Waals surface area (Å²) in [5.74, 6) is 0.895. The summed E-state index contributed by atoms with van der Waals surface area (Å²) in [5, 5.41) is 5.67. The van der Waals surface area contributed by atoms with Crippen LogP contribution in [-0.2, 0) is 11.2 Å². The van der Waals surface area contributed by atoms with Gasteiger partial charge in [-0.2, -0.15) is 0 Å². The van der Waals surface area contributed by atoms with E-state index in [9.17, 15) is 4.79 Å². The predicted octanol–water partition coefficient (Wildman–Crippen LogP) is 3.77. The Hall–Kier alpha value is -1.92. The van der Waals surface area contributed by atoms with Gasteiger partial charge in [-0.25, -0.2) is 4.98 Å². The molecular weight excluding hydrogens is 322 g/mol. The van der Waals surface area contributed by atoms with Crippen molar-refractivity contribution < 1.29 is 9.53 Å². The maximum atomic E-state index is 12.3. The molecule has 0 aliphatic rings. The Kier molecular flexibility index (Phi) is 6.75. The zero-order chi connectivity index (χ0) is 17.5. The van der Waals surface area contributed by atoms with Crippen molar-refractivity contribution in [1.82, 2.24) is 4.98 Å². The summed E-state index contributed by atoms with van der Waals surface area (Å²) in [4.78, 5) is 16.8. The van der Waals surface area contributed by atoms with Crippen molar-refractivity contribution in [3.8, 4) is 5.75 Å². The van der Waals surface area contributed by atoms with Gasteiger partial charge in [0.05, 0.1) is 30.5 Å². The highest BCUT2D eigenvalue weighted by Gasteiger charge is 2.16. The highest BCUT2D eigenvalue weighted by Crippen LogP contribution is 2.25. The van der Waals surface area contributed by atoms with Gasteiger partial charge in [0.25, 0.3) is 0 Å². The number of carbonyl (C=O) groups excluding carboxylic acids is 1. The van der Waals surface area contributed by atoms with E-state index in [-0.39, 0.29) is 18.4 Å². The number of nitrogens with two attached hydrogens (primary N) is 1. The van der Waals surface area contributed by atoms with Gasteiger partial charge < -0.3 is 15.8 Å². The lowest BCUT2D eigenvalue weighted by Crippen LogP contribution is -2.17. The number of benzene rings is 1. The van der Waals surface area contributed by atoms with Crippen molar-refractivity contribution in [2.45, 2.75) is 39.7 Å². The zero-order valence-electron chi connectivity index (χ0n) is 14.4. The van der Waals surface area contributed by atoms with Gasteiger partial charge in [-0.3, -0.25) is 4.79 Å². The minimum Gasteiger partial charge on any atom is -0.491 e. The third kappa shape index (κ3) is 5.04. The van der Waals surface area contributed by atoms with Crippen LogP contribution in [0.15, 0.2) is 29.6 Å². The summed E-state index contributed by atoms with van der Waals surface area (Å²) in [6, 6.07) is 7.37. The average Bonchev–Trinajstić information content (AvgIpc) is 3.01. The number of hydrogen-bond donors (Lipinski definition) is 2. The van der Waals surface area contributed by atoms with Crippen LogP contribution in [0.3, 0.4) is 0 Å². The molecule has 5 nitrogen and oxygen atoms in total. The minimum absolute atomic E-state index is 0.0880. The summed E-state index contributed by atoms with van der Waals surface area (Å²) < 4.78 is 5.65. The molecule has 0 radical (unpaired) electrons. The average molecular weight is 347 g/mol. The fourth-order valence-electron chi connectivity index (χ4n) is 2.11. The van der Waals surface area contributed by atoms with E-state index in [0.717, 1.165) is 17.1 Å². The van der Waals surface area contributed by atoms with Crippen LogP contribution in [0.1, 0.15) is 43.9 Å². The number of rotatable bonds is 8. The number of para-hydroxylation sites is 2. The largest absolute Gasteiger partial charge is 0.491 e. The third-order valence-electron chi connectivity index (χ3n) is 3.54. The Bertz CT molecular complexity index is 670. The highest BCUT2D eigenvalue weighted by molar-refractivity contribution is 7.09. The Balaban J connectivity index is 1.99. The van der Waals surface area contributed by atoms with E-state index in [1.165, 1.54) is 11.3 Å². The van der Waals surface area contributed by atoms with Crippen molar-refractivity contribution in [2.75, 3.05) is 11.9 Å². The van der Waals surface area contributed by atoms with Gasteiger partial charge in [0.15, 0.2) is 0 Å². The molecule has 2 aromatic rings. The second-order valence-electron chi connectivity index (χ2n) is 6.02. The fourth-order valence-corrected chi connectivity index (χ4v) is 3.10. The first-order valence-corrected chi connectivity index (χ1v) is 9.10. The highest BCUT2D eigenvalue weighted by atomic mass is 32.1. The summed E-state index contributed by atoms with van der Waals surface area (Å²) in [6.07, 6.45) is 1.14. The van der Waals surface area contributed by atoms with Crippen LogP contribution in [0.25, 0.3) is 0 Å². The van der Waals surface area contributed by atoms with E-state index in [2.05, 4.69) is 24.1 Å². The summed E-state index contributed by atoms with van der Waals surface area (Å²) >= 11 is 1.51. The minimum atomic E-state index is -0.113. The van der Waals surface area contributed by atoms with Crippen molar-refractivity contribution in [3.05, 3.63) is 40.3 Å². The Morgan fingerprint density at radius 1 is 1.38 bits per heavy atom. The van der Waals surface area contributed by atoms with Crippen molar-refractivity contribution in [1.29, 1.82) is 0 Å². The van der Waals surface area contributed by atoms with E-state index in [1.807, 2.05) is 36.6 Å². The lowest BCUT2D eigenvalue weighted by Gasteiger charge is -2.12. The van der Waals surface area contributed by atoms with Gasteiger partial charge in [0.1, 0.15) is 10.8 Å². The van der Waals surface area contributed by atoms with Gasteiger partial charge >= 0.3 is 0 Å². The van der Waals surface area contributed by atoms with Gasteiger partial charge in [0, 0.05) is 5.38 Å².